The van der Waals surface area contributed by atoms with Gasteiger partial charge in [-0.2, -0.15) is 4.57 Å². The Bertz CT molecular complexity index is 1050. The Morgan fingerprint density at radius 1 is 1.14 bits per heavy atom. The van der Waals surface area contributed by atoms with E-state index in [0.29, 0.717) is 32.2 Å². The molecule has 1 N–H and O–H groups in total. The largest absolute Gasteiger partial charge is 0.867 e. The summed E-state index contributed by atoms with van der Waals surface area (Å²) in [4.78, 5) is 0.881. The van der Waals surface area contributed by atoms with Crippen LogP contribution in [0, 0.1) is 0 Å². The molecule has 142 valence electrons. The zero-order valence-corrected chi connectivity index (χ0v) is 16.9. The number of hydrogen-bond acceptors (Lipinski definition) is 5. The standard InChI is InChI=1S/C20H15ClN2O3S2/c21-17-7-6-16(28-17)19(24)18(23-8-2-1-3-9-23)20(27)22-11-13-4-5-14-15(10-13)26-12-25-14/h1-10H,11-12H2,(H-,22,24,27). The number of thiocarbonyl (C=S) groups is 1. The van der Waals surface area contributed by atoms with Crippen molar-refractivity contribution in [2.45, 2.75) is 6.54 Å². The van der Waals surface area contributed by atoms with Gasteiger partial charge in [-0.15, -0.1) is 11.3 Å². The topological polar surface area (TPSA) is 57.4 Å². The highest BCUT2D eigenvalue weighted by molar-refractivity contribution is 7.81. The summed E-state index contributed by atoms with van der Waals surface area (Å²) in [7, 11) is 0. The third kappa shape index (κ3) is 3.96. The van der Waals surface area contributed by atoms with Crippen LogP contribution in [0.5, 0.6) is 11.5 Å². The minimum absolute atomic E-state index is 0.184. The van der Waals surface area contributed by atoms with E-state index < -0.39 is 0 Å². The zero-order valence-electron chi connectivity index (χ0n) is 14.6. The van der Waals surface area contributed by atoms with Crippen LogP contribution in [-0.2, 0) is 6.54 Å². The van der Waals surface area contributed by atoms with Crippen LogP contribution in [0.1, 0.15) is 10.4 Å². The van der Waals surface area contributed by atoms with Gasteiger partial charge in [0.25, 0.3) is 0 Å². The molecule has 0 fully saturated rings. The Labute approximate surface area is 176 Å². The molecule has 3 aromatic rings. The van der Waals surface area contributed by atoms with E-state index in [0.717, 1.165) is 11.3 Å². The molecule has 0 spiro atoms. The van der Waals surface area contributed by atoms with E-state index in [9.17, 15) is 5.11 Å². The molecule has 3 heterocycles. The molecule has 0 saturated carbocycles. The summed E-state index contributed by atoms with van der Waals surface area (Å²) >= 11 is 12.8. The number of aromatic nitrogens is 1. The number of nitrogens with one attached hydrogen (secondary N) is 1. The first kappa shape index (κ1) is 18.7. The summed E-state index contributed by atoms with van der Waals surface area (Å²) in [5.74, 6) is 1.25. The van der Waals surface area contributed by atoms with Gasteiger partial charge in [-0.1, -0.05) is 36.0 Å². The first-order valence-corrected chi connectivity index (χ1v) is 10.0. The van der Waals surface area contributed by atoms with E-state index in [-0.39, 0.29) is 12.6 Å². The average molecular weight is 431 g/mol. The third-order valence-electron chi connectivity index (χ3n) is 4.09. The fraction of sp³-hybridized carbons (Fsp3) is 0.100. The van der Waals surface area contributed by atoms with Crippen LogP contribution in [0.4, 0.5) is 0 Å². The van der Waals surface area contributed by atoms with Crippen LogP contribution >= 0.6 is 35.2 Å². The lowest BCUT2D eigenvalue weighted by Gasteiger charge is -2.15. The highest BCUT2D eigenvalue weighted by Gasteiger charge is 2.19. The van der Waals surface area contributed by atoms with Crippen LogP contribution < -0.4 is 24.5 Å². The van der Waals surface area contributed by atoms with Gasteiger partial charge in [0.1, 0.15) is 0 Å². The molecule has 1 aliphatic rings. The van der Waals surface area contributed by atoms with Crippen molar-refractivity contribution in [2.75, 3.05) is 6.79 Å². The van der Waals surface area contributed by atoms with Gasteiger partial charge in [-0.05, 0) is 35.6 Å². The average Bonchev–Trinajstić information content (AvgIpc) is 3.35. The van der Waals surface area contributed by atoms with Gasteiger partial charge in [0.15, 0.2) is 28.9 Å². The highest BCUT2D eigenvalue weighted by Crippen LogP contribution is 2.32. The van der Waals surface area contributed by atoms with Crippen molar-refractivity contribution in [1.82, 2.24) is 5.32 Å². The molecule has 0 radical (unpaired) electrons. The molecular weight excluding hydrogens is 416 g/mol. The number of halogens is 1. The minimum atomic E-state index is -0.184. The van der Waals surface area contributed by atoms with Crippen molar-refractivity contribution in [1.29, 1.82) is 0 Å². The van der Waals surface area contributed by atoms with Crippen molar-refractivity contribution in [3.8, 4) is 11.5 Å². The summed E-state index contributed by atoms with van der Waals surface area (Å²) in [5.41, 5.74) is 1.34. The Hall–Kier alpha value is -2.61. The first-order chi connectivity index (χ1) is 13.6. The third-order valence-corrected chi connectivity index (χ3v) is 5.66. The van der Waals surface area contributed by atoms with Crippen molar-refractivity contribution >= 4 is 51.6 Å². The normalized spacial score (nSPS) is 13.2. The Balaban J connectivity index is 1.60. The summed E-state index contributed by atoms with van der Waals surface area (Å²) < 4.78 is 13.0. The molecule has 8 heteroatoms. The Morgan fingerprint density at radius 3 is 2.68 bits per heavy atom. The van der Waals surface area contributed by atoms with Crippen molar-refractivity contribution in [3.63, 3.8) is 0 Å². The van der Waals surface area contributed by atoms with Gasteiger partial charge in [0, 0.05) is 23.6 Å². The smallest absolute Gasteiger partial charge is 0.238 e. The summed E-state index contributed by atoms with van der Waals surface area (Å²) in [6.45, 7) is 0.677. The number of nitrogens with zero attached hydrogens (tertiary/aromatic N) is 1. The molecule has 0 amide bonds. The fourth-order valence-electron chi connectivity index (χ4n) is 2.76. The molecule has 28 heavy (non-hydrogen) atoms. The number of ether oxygens (including phenoxy) is 2. The van der Waals surface area contributed by atoms with Crippen LogP contribution in [0.15, 0.2) is 60.9 Å². The van der Waals surface area contributed by atoms with Gasteiger partial charge < -0.3 is 19.9 Å². The van der Waals surface area contributed by atoms with Crippen LogP contribution in [-0.4, -0.2) is 11.8 Å². The second kappa shape index (κ2) is 8.18. The van der Waals surface area contributed by atoms with E-state index in [2.05, 4.69) is 5.32 Å². The predicted molar refractivity (Wildman–Crippen MR) is 111 cm³/mol. The van der Waals surface area contributed by atoms with Gasteiger partial charge >= 0.3 is 0 Å². The maximum absolute atomic E-state index is 13.1. The molecule has 2 aromatic heterocycles. The molecular formula is C20H15ClN2O3S2. The number of hydrogen-bond donors (Lipinski definition) is 1. The molecule has 1 aromatic carbocycles. The number of pyridine rings is 1. The lowest BCUT2D eigenvalue weighted by Crippen LogP contribution is -2.41. The van der Waals surface area contributed by atoms with Gasteiger partial charge in [-0.3, -0.25) is 0 Å². The summed E-state index contributed by atoms with van der Waals surface area (Å²) in [6, 6.07) is 14.7. The van der Waals surface area contributed by atoms with Crippen molar-refractivity contribution in [3.05, 3.63) is 75.7 Å². The molecule has 0 unspecified atom stereocenters. The summed E-state index contributed by atoms with van der Waals surface area (Å²) in [6.07, 6.45) is 3.58. The second-order valence-electron chi connectivity index (χ2n) is 5.93. The predicted octanol–water partition coefficient (Wildman–Crippen LogP) is 3.22. The maximum atomic E-state index is 13.1. The molecule has 0 atom stereocenters. The molecule has 5 nitrogen and oxygen atoms in total. The molecule has 4 rings (SSSR count). The zero-order chi connectivity index (χ0) is 19.5. The monoisotopic (exact) mass is 430 g/mol. The van der Waals surface area contributed by atoms with Crippen molar-refractivity contribution < 1.29 is 19.1 Å². The first-order valence-electron chi connectivity index (χ1n) is 8.42. The molecule has 0 saturated heterocycles. The Morgan fingerprint density at radius 2 is 1.93 bits per heavy atom. The van der Waals surface area contributed by atoms with E-state index in [1.165, 1.54) is 11.3 Å². The van der Waals surface area contributed by atoms with E-state index in [4.69, 9.17) is 33.3 Å². The van der Waals surface area contributed by atoms with E-state index in [1.54, 1.807) is 29.1 Å². The number of fused-ring (bicyclic) bond motifs is 1. The van der Waals surface area contributed by atoms with Crippen LogP contribution in [0.3, 0.4) is 0 Å². The number of thiophene rings is 1. The number of benzene rings is 1. The molecule has 0 aliphatic carbocycles. The lowest BCUT2D eigenvalue weighted by atomic mass is 10.2. The Kier molecular flexibility index (Phi) is 5.47. The van der Waals surface area contributed by atoms with Crippen LogP contribution in [0.2, 0.25) is 4.34 Å². The second-order valence-corrected chi connectivity index (χ2v) is 8.06. The van der Waals surface area contributed by atoms with Gasteiger partial charge in [0.2, 0.25) is 12.5 Å². The lowest BCUT2D eigenvalue weighted by molar-refractivity contribution is -0.577. The van der Waals surface area contributed by atoms with Gasteiger partial charge in [-0.25, -0.2) is 0 Å². The van der Waals surface area contributed by atoms with E-state index >= 15 is 0 Å². The SMILES string of the molecule is [O-]/C(=C(\C(=S)NCc1ccc2c(c1)OCO2)[n+]1ccccc1)c1ccc(Cl)s1. The molecule has 0 bridgehead atoms. The van der Waals surface area contributed by atoms with E-state index in [1.807, 2.05) is 36.4 Å². The van der Waals surface area contributed by atoms with Crippen molar-refractivity contribution in [2.24, 2.45) is 0 Å². The quantitative estimate of drug-likeness (QED) is 0.291. The summed E-state index contributed by atoms with van der Waals surface area (Å²) in [5, 5.41) is 16.3. The number of rotatable bonds is 5. The van der Waals surface area contributed by atoms with Crippen LogP contribution in [0.25, 0.3) is 11.5 Å². The van der Waals surface area contributed by atoms with Gasteiger partial charge in [0.05, 0.1) is 4.34 Å². The maximum Gasteiger partial charge on any atom is 0.238 e. The molecule has 1 aliphatic heterocycles. The highest BCUT2D eigenvalue weighted by atomic mass is 35.5. The minimum Gasteiger partial charge on any atom is -0.867 e. The fourth-order valence-corrected chi connectivity index (χ4v) is 4.01.